The molecule has 27 heavy (non-hydrogen) atoms. The van der Waals surface area contributed by atoms with Gasteiger partial charge < -0.3 is 19.6 Å². The Balaban J connectivity index is 1.58. The van der Waals surface area contributed by atoms with Crippen molar-refractivity contribution in [2.24, 2.45) is 0 Å². The van der Waals surface area contributed by atoms with Gasteiger partial charge in [0.05, 0.1) is 23.9 Å². The zero-order chi connectivity index (χ0) is 19.4. The van der Waals surface area contributed by atoms with Crippen LogP contribution in [0.1, 0.15) is 11.1 Å². The molecular formula is C19H13ClN2O5. The van der Waals surface area contributed by atoms with Crippen molar-refractivity contribution < 1.29 is 23.8 Å². The fourth-order valence-corrected chi connectivity index (χ4v) is 2.64. The molecule has 0 saturated carbocycles. The van der Waals surface area contributed by atoms with Gasteiger partial charge in [0.1, 0.15) is 17.4 Å². The number of carbonyl (C=O) groups excluding carboxylic acids is 2. The smallest absolute Gasteiger partial charge is 0.310 e. The number of fused-ring (bicyclic) bond motifs is 1. The number of hydrogen-bond donors (Lipinski definition) is 2. The van der Waals surface area contributed by atoms with Crippen molar-refractivity contribution in [1.82, 2.24) is 0 Å². The van der Waals surface area contributed by atoms with Crippen LogP contribution in [-0.4, -0.2) is 23.6 Å². The number of benzene rings is 2. The number of aromatic hydroxyl groups is 1. The van der Waals surface area contributed by atoms with Gasteiger partial charge >= 0.3 is 5.97 Å². The number of nitriles is 1. The Morgan fingerprint density at radius 2 is 2.07 bits per heavy atom. The number of furan rings is 1. The van der Waals surface area contributed by atoms with E-state index in [1.165, 1.54) is 36.6 Å². The third-order valence-electron chi connectivity index (χ3n) is 3.71. The van der Waals surface area contributed by atoms with Gasteiger partial charge in [-0.25, -0.2) is 0 Å². The molecule has 3 rings (SSSR count). The Labute approximate surface area is 158 Å². The molecule has 1 amide bonds. The van der Waals surface area contributed by atoms with Crippen molar-refractivity contribution in [3.8, 4) is 11.8 Å². The van der Waals surface area contributed by atoms with E-state index < -0.39 is 18.5 Å². The monoisotopic (exact) mass is 384 g/mol. The van der Waals surface area contributed by atoms with Crippen molar-refractivity contribution in [1.29, 1.82) is 5.26 Å². The summed E-state index contributed by atoms with van der Waals surface area (Å²) in [5, 5.41) is 22.0. The van der Waals surface area contributed by atoms with E-state index in [4.69, 9.17) is 26.0 Å². The number of hydrogen-bond acceptors (Lipinski definition) is 6. The van der Waals surface area contributed by atoms with E-state index in [9.17, 15) is 14.7 Å². The zero-order valence-electron chi connectivity index (χ0n) is 13.9. The van der Waals surface area contributed by atoms with E-state index in [0.29, 0.717) is 21.6 Å². The molecule has 0 saturated heterocycles. The summed E-state index contributed by atoms with van der Waals surface area (Å²) in [6.07, 6.45) is 1.31. The standard InChI is InChI=1S/C19H13ClN2O5/c20-13-2-1-11(8-21)16(6-13)22-18(24)10-27-19(25)5-12-9-26-17-7-14(23)3-4-15(12)17/h1-4,6-7,9,23H,5,10H2,(H,22,24). The lowest BCUT2D eigenvalue weighted by atomic mass is 10.1. The van der Waals surface area contributed by atoms with E-state index in [1.807, 2.05) is 6.07 Å². The van der Waals surface area contributed by atoms with Crippen LogP contribution in [0.4, 0.5) is 5.69 Å². The number of amides is 1. The summed E-state index contributed by atoms with van der Waals surface area (Å²) in [6, 6.07) is 10.9. The van der Waals surface area contributed by atoms with Crippen molar-refractivity contribution >= 4 is 40.1 Å². The number of carbonyl (C=O) groups is 2. The predicted octanol–water partition coefficient (Wildman–Crippen LogP) is 3.39. The molecular weight excluding hydrogens is 372 g/mol. The van der Waals surface area contributed by atoms with Crippen LogP contribution in [0.25, 0.3) is 11.0 Å². The number of phenolic OH excluding ortho intramolecular Hbond substituents is 1. The molecule has 3 aromatic rings. The van der Waals surface area contributed by atoms with Crippen molar-refractivity contribution in [2.75, 3.05) is 11.9 Å². The van der Waals surface area contributed by atoms with Crippen molar-refractivity contribution in [2.45, 2.75) is 6.42 Å². The highest BCUT2D eigenvalue weighted by Gasteiger charge is 2.14. The second-order valence-electron chi connectivity index (χ2n) is 5.63. The van der Waals surface area contributed by atoms with Gasteiger partial charge in [-0.1, -0.05) is 11.6 Å². The summed E-state index contributed by atoms with van der Waals surface area (Å²) in [5.74, 6) is -1.16. The van der Waals surface area contributed by atoms with E-state index in [0.717, 1.165) is 0 Å². The Kier molecular flexibility index (Phi) is 5.29. The maximum atomic E-state index is 12.0. The fourth-order valence-electron chi connectivity index (χ4n) is 2.47. The van der Waals surface area contributed by atoms with Gasteiger partial charge in [-0.3, -0.25) is 9.59 Å². The SMILES string of the molecule is N#Cc1ccc(Cl)cc1NC(=O)COC(=O)Cc1coc2cc(O)ccc12. The Morgan fingerprint density at radius 3 is 2.85 bits per heavy atom. The first-order chi connectivity index (χ1) is 13.0. The van der Waals surface area contributed by atoms with Crippen molar-refractivity contribution in [3.05, 3.63) is 58.8 Å². The number of nitrogens with one attached hydrogen (secondary N) is 1. The van der Waals surface area contributed by atoms with Crippen LogP contribution >= 0.6 is 11.6 Å². The third kappa shape index (κ3) is 4.37. The summed E-state index contributed by atoms with van der Waals surface area (Å²) in [7, 11) is 0. The molecule has 136 valence electrons. The number of phenols is 1. The average molecular weight is 385 g/mol. The second kappa shape index (κ2) is 7.81. The van der Waals surface area contributed by atoms with Gasteiger partial charge in [0.15, 0.2) is 6.61 Å². The first-order valence-electron chi connectivity index (χ1n) is 7.80. The molecule has 8 heteroatoms. The molecule has 0 aliphatic heterocycles. The van der Waals surface area contributed by atoms with Crippen LogP contribution in [-0.2, 0) is 20.7 Å². The summed E-state index contributed by atoms with van der Waals surface area (Å²) < 4.78 is 10.2. The van der Waals surface area contributed by atoms with E-state index >= 15 is 0 Å². The fraction of sp³-hybridized carbons (Fsp3) is 0.105. The lowest BCUT2D eigenvalue weighted by Gasteiger charge is -2.08. The van der Waals surface area contributed by atoms with E-state index in [-0.39, 0.29) is 23.4 Å². The third-order valence-corrected chi connectivity index (χ3v) is 3.95. The van der Waals surface area contributed by atoms with Gasteiger partial charge in [-0.05, 0) is 30.3 Å². The molecule has 1 aromatic heterocycles. The highest BCUT2D eigenvalue weighted by atomic mass is 35.5. The quantitative estimate of drug-likeness (QED) is 0.652. The number of esters is 1. The van der Waals surface area contributed by atoms with Crippen LogP contribution in [0.15, 0.2) is 47.1 Å². The minimum atomic E-state index is -0.618. The molecule has 7 nitrogen and oxygen atoms in total. The largest absolute Gasteiger partial charge is 0.508 e. The number of halogens is 1. The van der Waals surface area contributed by atoms with Crippen LogP contribution in [0.3, 0.4) is 0 Å². The van der Waals surface area contributed by atoms with Gasteiger partial charge in [0.25, 0.3) is 5.91 Å². The number of ether oxygens (including phenoxy) is 1. The van der Waals surface area contributed by atoms with Crippen LogP contribution < -0.4 is 5.32 Å². The molecule has 0 unspecified atom stereocenters. The number of nitrogens with zero attached hydrogens (tertiary/aromatic N) is 1. The summed E-state index contributed by atoms with van der Waals surface area (Å²) in [6.45, 7) is -0.507. The molecule has 0 fully saturated rings. The first kappa shape index (κ1) is 18.3. The van der Waals surface area contributed by atoms with Gasteiger partial charge in [-0.2, -0.15) is 5.26 Å². The molecule has 2 N–H and O–H groups in total. The second-order valence-corrected chi connectivity index (χ2v) is 6.07. The molecule has 0 radical (unpaired) electrons. The number of rotatable bonds is 5. The Hall–Kier alpha value is -3.50. The van der Waals surface area contributed by atoms with Crippen LogP contribution in [0.2, 0.25) is 5.02 Å². The molecule has 0 atom stereocenters. The summed E-state index contributed by atoms with van der Waals surface area (Å²) in [5.41, 5.74) is 1.51. The average Bonchev–Trinajstić information content (AvgIpc) is 3.02. The molecule has 1 heterocycles. The zero-order valence-corrected chi connectivity index (χ0v) is 14.6. The summed E-state index contributed by atoms with van der Waals surface area (Å²) >= 11 is 5.85. The minimum absolute atomic E-state index is 0.0559. The highest BCUT2D eigenvalue weighted by Crippen LogP contribution is 2.25. The Bertz CT molecular complexity index is 1070. The molecule has 0 bridgehead atoms. The molecule has 2 aromatic carbocycles. The normalized spacial score (nSPS) is 10.4. The number of anilines is 1. The van der Waals surface area contributed by atoms with E-state index in [2.05, 4.69) is 5.32 Å². The maximum absolute atomic E-state index is 12.0. The van der Waals surface area contributed by atoms with Crippen LogP contribution in [0, 0.1) is 11.3 Å². The highest BCUT2D eigenvalue weighted by molar-refractivity contribution is 6.31. The van der Waals surface area contributed by atoms with Gasteiger partial charge in [0, 0.05) is 22.0 Å². The minimum Gasteiger partial charge on any atom is -0.508 e. The van der Waals surface area contributed by atoms with E-state index in [1.54, 1.807) is 6.07 Å². The van der Waals surface area contributed by atoms with Crippen molar-refractivity contribution in [3.63, 3.8) is 0 Å². The van der Waals surface area contributed by atoms with Gasteiger partial charge in [0.2, 0.25) is 0 Å². The first-order valence-corrected chi connectivity index (χ1v) is 8.18. The van der Waals surface area contributed by atoms with Gasteiger partial charge in [-0.15, -0.1) is 0 Å². The molecule has 0 aliphatic rings. The maximum Gasteiger partial charge on any atom is 0.310 e. The summed E-state index contributed by atoms with van der Waals surface area (Å²) in [4.78, 5) is 23.9. The van der Waals surface area contributed by atoms with Crippen LogP contribution in [0.5, 0.6) is 5.75 Å². The lowest BCUT2D eigenvalue weighted by Crippen LogP contribution is -2.22. The topological polar surface area (TPSA) is 113 Å². The predicted molar refractivity (Wildman–Crippen MR) is 97.3 cm³/mol. The lowest BCUT2D eigenvalue weighted by molar-refractivity contribution is -0.146. The molecule has 0 aliphatic carbocycles. The molecule has 0 spiro atoms. The Morgan fingerprint density at radius 1 is 1.26 bits per heavy atom.